The van der Waals surface area contributed by atoms with Crippen LogP contribution in [0, 0.1) is 0 Å². The average molecular weight is 671 g/mol. The maximum Gasteiger partial charge on any atom is 0.423 e. The SMILES string of the molecule is [N-]=[N+]=NC1(CI)O[C@@H](n2cc(C(F)(F)F)c(=O)[nH]c2=O)[C@H](OC(=O)c2ccccc2)[C@@H]1OC(=O)c1ccccc1. The van der Waals surface area contributed by atoms with Crippen LogP contribution in [0.25, 0.3) is 10.4 Å². The molecule has 0 amide bonds. The number of carbonyl (C=O) groups excluding carboxylic acids is 2. The smallest absolute Gasteiger partial charge is 0.423 e. The predicted molar refractivity (Wildman–Crippen MR) is 139 cm³/mol. The van der Waals surface area contributed by atoms with Crippen LogP contribution in [0.1, 0.15) is 32.5 Å². The van der Waals surface area contributed by atoms with Crippen LogP contribution in [0.2, 0.25) is 0 Å². The van der Waals surface area contributed by atoms with E-state index in [-0.39, 0.29) is 21.8 Å². The Labute approximate surface area is 235 Å². The summed E-state index contributed by atoms with van der Waals surface area (Å²) in [6, 6.07) is 14.9. The Morgan fingerprint density at radius 2 is 1.60 bits per heavy atom. The number of hydrogen-bond donors (Lipinski definition) is 1. The highest BCUT2D eigenvalue weighted by Gasteiger charge is 2.60. The van der Waals surface area contributed by atoms with Crippen LogP contribution in [0.3, 0.4) is 0 Å². The van der Waals surface area contributed by atoms with E-state index in [9.17, 15) is 37.9 Å². The molecule has 1 aliphatic heterocycles. The number of rotatable bonds is 7. The Morgan fingerprint density at radius 3 is 2.10 bits per heavy atom. The Bertz CT molecular complexity index is 1580. The van der Waals surface area contributed by atoms with E-state index in [1.165, 1.54) is 48.5 Å². The standard InChI is InChI=1S/C24H17F3IN5O7/c25-24(26,27)15-11-33(22(37)30-18(15)34)19-16(38-20(35)13-7-3-1-4-8-13)17(23(12-28,40-19)31-32-29)39-21(36)14-9-5-2-6-10-14/h1-11,16-17,19H,12H2,(H,30,34,37)/t16-,17+,19-,23?/m1/s1. The molecular formula is C24H17F3IN5O7. The van der Waals surface area contributed by atoms with Gasteiger partial charge in [-0.2, -0.15) is 13.2 Å². The summed E-state index contributed by atoms with van der Waals surface area (Å²) in [4.78, 5) is 55.0. The topological polar surface area (TPSA) is 165 Å². The molecule has 0 saturated carbocycles. The summed E-state index contributed by atoms with van der Waals surface area (Å²) in [5.74, 6) is -1.98. The van der Waals surface area contributed by atoms with E-state index in [0.717, 1.165) is 0 Å². The van der Waals surface area contributed by atoms with Crippen molar-refractivity contribution in [2.45, 2.75) is 30.3 Å². The minimum absolute atomic E-state index is 0.00920. The van der Waals surface area contributed by atoms with Gasteiger partial charge in [-0.3, -0.25) is 14.3 Å². The first kappa shape index (κ1) is 28.8. The Morgan fingerprint density at radius 1 is 1.05 bits per heavy atom. The van der Waals surface area contributed by atoms with Crippen LogP contribution >= 0.6 is 22.6 Å². The van der Waals surface area contributed by atoms with Crippen LogP contribution in [-0.4, -0.2) is 43.9 Å². The Balaban J connectivity index is 1.88. The van der Waals surface area contributed by atoms with Crippen LogP contribution in [0.5, 0.6) is 0 Å². The second-order valence-electron chi connectivity index (χ2n) is 8.31. The summed E-state index contributed by atoms with van der Waals surface area (Å²) >= 11 is 1.71. The fourth-order valence-electron chi connectivity index (χ4n) is 3.93. The molecule has 1 aliphatic rings. The molecule has 40 heavy (non-hydrogen) atoms. The monoisotopic (exact) mass is 671 g/mol. The quantitative estimate of drug-likeness (QED) is 0.0991. The van der Waals surface area contributed by atoms with Gasteiger partial charge in [0.1, 0.15) is 5.56 Å². The molecule has 4 atom stereocenters. The number of nitrogens with zero attached hydrogens (tertiary/aromatic N) is 4. The zero-order valence-electron chi connectivity index (χ0n) is 19.9. The van der Waals surface area contributed by atoms with Crippen LogP contribution in [-0.2, 0) is 20.4 Å². The van der Waals surface area contributed by atoms with Gasteiger partial charge in [0.15, 0.2) is 24.2 Å². The van der Waals surface area contributed by atoms with Gasteiger partial charge in [-0.25, -0.2) is 14.4 Å². The van der Waals surface area contributed by atoms with Crippen molar-refractivity contribution in [2.75, 3.05) is 4.43 Å². The molecule has 0 spiro atoms. The third-order valence-corrected chi connectivity index (χ3v) is 6.89. The summed E-state index contributed by atoms with van der Waals surface area (Å²) in [5, 5.41) is 3.60. The molecule has 208 valence electrons. The molecule has 3 aromatic rings. The number of nitrogens with one attached hydrogen (secondary N) is 1. The highest BCUT2D eigenvalue weighted by atomic mass is 127. The molecule has 0 aliphatic carbocycles. The number of aromatic amines is 1. The minimum Gasteiger partial charge on any atom is -0.451 e. The Hall–Kier alpha value is -4.15. The lowest BCUT2D eigenvalue weighted by atomic mass is 10.1. The first-order valence-corrected chi connectivity index (χ1v) is 12.8. The third kappa shape index (κ3) is 5.73. The van der Waals surface area contributed by atoms with E-state index < -0.39 is 59.1 Å². The van der Waals surface area contributed by atoms with E-state index in [1.807, 2.05) is 0 Å². The lowest BCUT2D eigenvalue weighted by molar-refractivity contribution is -0.140. The molecule has 0 radical (unpaired) electrons. The third-order valence-electron chi connectivity index (χ3n) is 5.80. The Kier molecular flexibility index (Phi) is 8.32. The summed E-state index contributed by atoms with van der Waals surface area (Å²) in [6.07, 6.45) is -10.5. The van der Waals surface area contributed by atoms with Crippen molar-refractivity contribution >= 4 is 34.5 Å². The van der Waals surface area contributed by atoms with Gasteiger partial charge in [-0.1, -0.05) is 64.1 Å². The largest absolute Gasteiger partial charge is 0.451 e. The second-order valence-corrected chi connectivity index (χ2v) is 9.07. The van der Waals surface area contributed by atoms with Crippen molar-refractivity contribution in [1.82, 2.24) is 9.55 Å². The zero-order chi connectivity index (χ0) is 29.1. The number of halogens is 4. The van der Waals surface area contributed by atoms with Gasteiger partial charge in [0, 0.05) is 15.5 Å². The summed E-state index contributed by atoms with van der Waals surface area (Å²) < 4.78 is 57.7. The maximum absolute atomic E-state index is 13.6. The highest BCUT2D eigenvalue weighted by Crippen LogP contribution is 2.43. The lowest BCUT2D eigenvalue weighted by Gasteiger charge is -2.28. The van der Waals surface area contributed by atoms with Crippen molar-refractivity contribution in [3.8, 4) is 0 Å². The number of H-pyrrole nitrogens is 1. The van der Waals surface area contributed by atoms with E-state index in [2.05, 4.69) is 10.0 Å². The average Bonchev–Trinajstić information content (AvgIpc) is 3.21. The fourth-order valence-corrected chi connectivity index (χ4v) is 4.70. The first-order chi connectivity index (χ1) is 19.0. The van der Waals surface area contributed by atoms with Crippen LogP contribution < -0.4 is 11.2 Å². The molecule has 1 saturated heterocycles. The molecule has 1 aromatic heterocycles. The number of carbonyl (C=O) groups is 2. The molecule has 0 bridgehead atoms. The van der Waals surface area contributed by atoms with Gasteiger partial charge >= 0.3 is 23.8 Å². The van der Waals surface area contributed by atoms with Crippen molar-refractivity contribution < 1.29 is 37.0 Å². The number of alkyl halides is 4. The molecule has 4 rings (SSSR count). The summed E-state index contributed by atoms with van der Waals surface area (Å²) in [6.45, 7) is 0. The van der Waals surface area contributed by atoms with Crippen LogP contribution in [0.4, 0.5) is 13.2 Å². The summed E-state index contributed by atoms with van der Waals surface area (Å²) in [7, 11) is 0. The van der Waals surface area contributed by atoms with Gasteiger partial charge in [0.2, 0.25) is 0 Å². The number of aromatic nitrogens is 2. The molecule has 12 nitrogen and oxygen atoms in total. The van der Waals surface area contributed by atoms with Crippen LogP contribution in [0.15, 0.2) is 81.6 Å². The van der Waals surface area contributed by atoms with Gasteiger partial charge in [-0.15, -0.1) is 0 Å². The molecule has 1 unspecified atom stereocenters. The molecular weight excluding hydrogens is 654 g/mol. The van der Waals surface area contributed by atoms with Gasteiger partial charge in [-0.05, 0) is 29.8 Å². The van der Waals surface area contributed by atoms with Gasteiger partial charge in [0.05, 0.1) is 11.1 Å². The number of ether oxygens (including phenoxy) is 3. The fraction of sp³-hybridized carbons (Fsp3) is 0.250. The zero-order valence-corrected chi connectivity index (χ0v) is 22.1. The predicted octanol–water partition coefficient (Wildman–Crippen LogP) is 3.98. The number of benzene rings is 2. The lowest BCUT2D eigenvalue weighted by Crippen LogP contribution is -2.47. The molecule has 2 aromatic carbocycles. The van der Waals surface area contributed by atoms with Crippen molar-refractivity contribution in [2.24, 2.45) is 5.11 Å². The molecule has 1 fully saturated rings. The van der Waals surface area contributed by atoms with E-state index in [4.69, 9.17) is 14.2 Å². The number of hydrogen-bond acceptors (Lipinski definition) is 8. The maximum atomic E-state index is 13.6. The van der Waals surface area contributed by atoms with Gasteiger partial charge < -0.3 is 14.2 Å². The first-order valence-electron chi connectivity index (χ1n) is 11.3. The number of esters is 2. The molecule has 1 N–H and O–H groups in total. The second kappa shape index (κ2) is 11.5. The normalized spacial score (nSPS) is 22.2. The van der Waals surface area contributed by atoms with Gasteiger partial charge in [0.25, 0.3) is 5.56 Å². The summed E-state index contributed by atoms with van der Waals surface area (Å²) in [5.41, 5.74) is 2.37. The highest BCUT2D eigenvalue weighted by molar-refractivity contribution is 14.1. The van der Waals surface area contributed by atoms with E-state index in [0.29, 0.717) is 4.57 Å². The minimum atomic E-state index is -5.18. The van der Waals surface area contributed by atoms with Crippen molar-refractivity contribution in [3.63, 3.8) is 0 Å². The molecule has 2 heterocycles. The van der Waals surface area contributed by atoms with E-state index in [1.54, 1.807) is 39.7 Å². The molecule has 16 heteroatoms. The number of azide groups is 1. The van der Waals surface area contributed by atoms with E-state index >= 15 is 0 Å². The van der Waals surface area contributed by atoms with Crippen molar-refractivity contribution in [1.29, 1.82) is 0 Å². The van der Waals surface area contributed by atoms with Crippen molar-refractivity contribution in [3.05, 3.63) is 115 Å².